The van der Waals surface area contributed by atoms with Crippen molar-refractivity contribution in [3.63, 3.8) is 0 Å². The fourth-order valence-corrected chi connectivity index (χ4v) is 4.77. The van der Waals surface area contributed by atoms with Crippen molar-refractivity contribution in [1.82, 2.24) is 0 Å². The van der Waals surface area contributed by atoms with Crippen LogP contribution in [0.5, 0.6) is 0 Å². The number of sulfonamides is 1. The number of carbonyl (C=O) groups is 2. The van der Waals surface area contributed by atoms with Gasteiger partial charge in [0.15, 0.2) is 0 Å². The SMILES string of the molecule is Cc1cc(NC(=O)c2ccccc2NS(=O)(=O)c2ccc(Br)cc2)sc1C(=O)O. The van der Waals surface area contributed by atoms with E-state index in [1.807, 2.05) is 0 Å². The maximum Gasteiger partial charge on any atom is 0.346 e. The van der Waals surface area contributed by atoms with E-state index < -0.39 is 21.9 Å². The molecule has 0 saturated heterocycles. The average Bonchev–Trinajstić information content (AvgIpc) is 3.02. The van der Waals surface area contributed by atoms with Crippen LogP contribution in [0.2, 0.25) is 0 Å². The summed E-state index contributed by atoms with van der Waals surface area (Å²) in [4.78, 5) is 24.1. The van der Waals surface area contributed by atoms with E-state index in [9.17, 15) is 18.0 Å². The fraction of sp³-hybridized carbons (Fsp3) is 0.0526. The van der Waals surface area contributed by atoms with Gasteiger partial charge < -0.3 is 10.4 Å². The van der Waals surface area contributed by atoms with Gasteiger partial charge in [0.1, 0.15) is 4.88 Å². The first kappa shape index (κ1) is 21.0. The molecule has 1 heterocycles. The van der Waals surface area contributed by atoms with E-state index in [0.29, 0.717) is 10.6 Å². The number of carbonyl (C=O) groups excluding carboxylic acids is 1. The quantitative estimate of drug-likeness (QED) is 0.464. The Hall–Kier alpha value is -2.69. The molecule has 3 N–H and O–H groups in total. The lowest BCUT2D eigenvalue weighted by Gasteiger charge is -2.12. The Labute approximate surface area is 179 Å². The third kappa shape index (κ3) is 4.84. The van der Waals surface area contributed by atoms with Gasteiger partial charge in [-0.3, -0.25) is 9.52 Å². The predicted molar refractivity (Wildman–Crippen MR) is 115 cm³/mol. The first-order chi connectivity index (χ1) is 13.7. The monoisotopic (exact) mass is 494 g/mol. The highest BCUT2D eigenvalue weighted by Crippen LogP contribution is 2.28. The van der Waals surface area contributed by atoms with Crippen molar-refractivity contribution in [3.05, 3.63) is 75.1 Å². The van der Waals surface area contributed by atoms with Crippen molar-refractivity contribution >= 4 is 59.9 Å². The van der Waals surface area contributed by atoms with Gasteiger partial charge in [0, 0.05) is 4.47 Å². The fourth-order valence-electron chi connectivity index (χ4n) is 2.52. The number of aryl methyl sites for hydroxylation is 1. The smallest absolute Gasteiger partial charge is 0.346 e. The number of thiophene rings is 1. The van der Waals surface area contributed by atoms with Crippen LogP contribution >= 0.6 is 27.3 Å². The Morgan fingerprint density at radius 2 is 1.72 bits per heavy atom. The molecule has 0 aliphatic heterocycles. The van der Waals surface area contributed by atoms with Crippen LogP contribution in [-0.2, 0) is 10.0 Å². The van der Waals surface area contributed by atoms with Crippen molar-refractivity contribution in [2.45, 2.75) is 11.8 Å². The Kier molecular flexibility index (Phi) is 6.06. The maximum atomic E-state index is 12.7. The van der Waals surface area contributed by atoms with Gasteiger partial charge in [-0.05, 0) is 55.0 Å². The minimum absolute atomic E-state index is 0.0518. The number of aromatic carboxylic acids is 1. The molecule has 0 unspecified atom stereocenters. The largest absolute Gasteiger partial charge is 0.477 e. The van der Waals surface area contributed by atoms with E-state index in [4.69, 9.17) is 5.11 Å². The van der Waals surface area contributed by atoms with Crippen LogP contribution in [0.25, 0.3) is 0 Å². The number of halogens is 1. The summed E-state index contributed by atoms with van der Waals surface area (Å²) in [5, 5.41) is 12.1. The van der Waals surface area contributed by atoms with Crippen molar-refractivity contribution < 1.29 is 23.1 Å². The van der Waals surface area contributed by atoms with E-state index in [1.54, 1.807) is 37.3 Å². The Morgan fingerprint density at radius 1 is 1.07 bits per heavy atom. The van der Waals surface area contributed by atoms with Crippen LogP contribution in [-0.4, -0.2) is 25.4 Å². The number of carboxylic acid groups (broad SMARTS) is 1. The summed E-state index contributed by atoms with van der Waals surface area (Å²) in [7, 11) is -3.90. The standard InChI is InChI=1S/C19H15BrN2O5S2/c1-11-10-16(28-17(11)19(24)25)21-18(23)14-4-2-3-5-15(14)22-29(26,27)13-8-6-12(20)7-9-13/h2-10,22H,1H3,(H,21,23)(H,24,25). The van der Waals surface area contributed by atoms with Crippen LogP contribution < -0.4 is 10.0 Å². The average molecular weight is 495 g/mol. The van der Waals surface area contributed by atoms with E-state index in [-0.39, 0.29) is 21.0 Å². The van der Waals surface area contributed by atoms with Crippen LogP contribution in [0.1, 0.15) is 25.6 Å². The summed E-state index contributed by atoms with van der Waals surface area (Å²) in [6, 6.07) is 13.8. The molecular formula is C19H15BrN2O5S2. The summed E-state index contributed by atoms with van der Waals surface area (Å²) < 4.78 is 28.5. The molecule has 0 atom stereocenters. The minimum atomic E-state index is -3.90. The number of rotatable bonds is 6. The highest BCUT2D eigenvalue weighted by Gasteiger charge is 2.20. The van der Waals surface area contributed by atoms with Gasteiger partial charge in [0.25, 0.3) is 15.9 Å². The molecule has 29 heavy (non-hydrogen) atoms. The van der Waals surface area contributed by atoms with Gasteiger partial charge in [-0.1, -0.05) is 28.1 Å². The second-order valence-electron chi connectivity index (χ2n) is 5.99. The second kappa shape index (κ2) is 8.36. The first-order valence-electron chi connectivity index (χ1n) is 8.20. The summed E-state index contributed by atoms with van der Waals surface area (Å²) in [6.45, 7) is 1.63. The van der Waals surface area contributed by atoms with E-state index in [0.717, 1.165) is 15.8 Å². The van der Waals surface area contributed by atoms with Gasteiger partial charge in [-0.15, -0.1) is 11.3 Å². The Morgan fingerprint density at radius 3 is 2.34 bits per heavy atom. The lowest BCUT2D eigenvalue weighted by Crippen LogP contribution is -2.18. The van der Waals surface area contributed by atoms with E-state index >= 15 is 0 Å². The molecule has 10 heteroatoms. The number of amides is 1. The maximum absolute atomic E-state index is 12.7. The first-order valence-corrected chi connectivity index (χ1v) is 11.3. The number of hydrogen-bond acceptors (Lipinski definition) is 5. The summed E-state index contributed by atoms with van der Waals surface area (Å²) >= 11 is 4.19. The highest BCUT2D eigenvalue weighted by atomic mass is 79.9. The molecule has 0 fully saturated rings. The summed E-state index contributed by atoms with van der Waals surface area (Å²) in [5.41, 5.74) is 0.748. The molecule has 0 bridgehead atoms. The third-order valence-corrected chi connectivity index (χ3v) is 6.94. The molecule has 7 nitrogen and oxygen atoms in total. The van der Waals surface area contributed by atoms with Gasteiger partial charge in [0.2, 0.25) is 0 Å². The Bertz CT molecular complexity index is 1190. The van der Waals surface area contributed by atoms with Crippen molar-refractivity contribution in [3.8, 4) is 0 Å². The minimum Gasteiger partial charge on any atom is -0.477 e. The molecule has 0 saturated carbocycles. The van der Waals surface area contributed by atoms with Crippen molar-refractivity contribution in [2.75, 3.05) is 10.0 Å². The number of anilines is 2. The van der Waals surface area contributed by atoms with E-state index in [1.165, 1.54) is 24.3 Å². The van der Waals surface area contributed by atoms with Crippen LogP contribution in [0.4, 0.5) is 10.7 Å². The van der Waals surface area contributed by atoms with Crippen LogP contribution in [0.3, 0.4) is 0 Å². The zero-order valence-corrected chi connectivity index (χ0v) is 18.2. The molecule has 3 rings (SSSR count). The van der Waals surface area contributed by atoms with Crippen molar-refractivity contribution in [2.24, 2.45) is 0 Å². The molecule has 0 aliphatic rings. The molecule has 1 aromatic heterocycles. The van der Waals surface area contributed by atoms with Crippen LogP contribution in [0, 0.1) is 6.92 Å². The number of hydrogen-bond donors (Lipinski definition) is 3. The molecule has 0 radical (unpaired) electrons. The number of nitrogens with one attached hydrogen (secondary N) is 2. The summed E-state index contributed by atoms with van der Waals surface area (Å²) in [5.74, 6) is -1.63. The summed E-state index contributed by atoms with van der Waals surface area (Å²) in [6.07, 6.45) is 0. The molecular weight excluding hydrogens is 480 g/mol. The topological polar surface area (TPSA) is 113 Å². The van der Waals surface area contributed by atoms with Gasteiger partial charge in [-0.2, -0.15) is 0 Å². The zero-order valence-electron chi connectivity index (χ0n) is 15.0. The van der Waals surface area contributed by atoms with E-state index in [2.05, 4.69) is 26.0 Å². The molecule has 0 aliphatic carbocycles. The van der Waals surface area contributed by atoms with Crippen molar-refractivity contribution in [1.29, 1.82) is 0 Å². The van der Waals surface area contributed by atoms with Gasteiger partial charge in [-0.25, -0.2) is 13.2 Å². The molecule has 2 aromatic carbocycles. The third-order valence-electron chi connectivity index (χ3n) is 3.89. The molecule has 1 amide bonds. The lowest BCUT2D eigenvalue weighted by molar-refractivity contribution is 0.0701. The Balaban J connectivity index is 1.86. The number of benzene rings is 2. The molecule has 0 spiro atoms. The predicted octanol–water partition coefficient (Wildman–Crippen LogP) is 4.57. The number of carboxylic acids is 1. The lowest BCUT2D eigenvalue weighted by atomic mass is 10.1. The van der Waals surface area contributed by atoms with Gasteiger partial charge in [0.05, 0.1) is 21.1 Å². The molecule has 3 aromatic rings. The molecule has 150 valence electrons. The zero-order chi connectivity index (χ0) is 21.2. The van der Waals surface area contributed by atoms with Crippen LogP contribution in [0.15, 0.2) is 64.0 Å². The van der Waals surface area contributed by atoms with Gasteiger partial charge >= 0.3 is 5.97 Å². The normalized spacial score (nSPS) is 11.1. The highest BCUT2D eigenvalue weighted by molar-refractivity contribution is 9.10. The second-order valence-corrected chi connectivity index (χ2v) is 9.64. The number of para-hydroxylation sites is 1.